The van der Waals surface area contributed by atoms with E-state index in [2.05, 4.69) is 5.10 Å². The summed E-state index contributed by atoms with van der Waals surface area (Å²) in [5, 5.41) is 4.10. The second-order valence-electron chi connectivity index (χ2n) is 4.88. The molecule has 0 aliphatic carbocycles. The van der Waals surface area contributed by atoms with Gasteiger partial charge in [-0.15, -0.1) is 0 Å². The molecule has 5 nitrogen and oxygen atoms in total. The Balaban J connectivity index is 1.63. The first-order valence-corrected chi connectivity index (χ1v) is 6.94. The van der Waals surface area contributed by atoms with Gasteiger partial charge in [0.25, 0.3) is 0 Å². The van der Waals surface area contributed by atoms with Crippen LogP contribution in [0, 0.1) is 5.82 Å². The molecule has 6 heteroatoms. The van der Waals surface area contributed by atoms with Crippen LogP contribution in [0.2, 0.25) is 0 Å². The summed E-state index contributed by atoms with van der Waals surface area (Å²) in [6.07, 6.45) is 4.73. The molecule has 0 atom stereocenters. The third-order valence-electron chi connectivity index (χ3n) is 3.42. The lowest BCUT2D eigenvalue weighted by atomic mass is 10.2. The first kappa shape index (κ1) is 13.6. The van der Waals surface area contributed by atoms with Crippen molar-refractivity contribution in [1.29, 1.82) is 0 Å². The van der Waals surface area contributed by atoms with Crippen LogP contribution >= 0.6 is 0 Å². The number of hydrogen-bond donors (Lipinski definition) is 0. The van der Waals surface area contributed by atoms with Gasteiger partial charge < -0.3 is 9.64 Å². The van der Waals surface area contributed by atoms with Crippen LogP contribution < -0.4 is 9.64 Å². The van der Waals surface area contributed by atoms with Crippen molar-refractivity contribution in [2.24, 2.45) is 0 Å². The second-order valence-corrected chi connectivity index (χ2v) is 4.88. The van der Waals surface area contributed by atoms with Gasteiger partial charge in [0.1, 0.15) is 18.2 Å². The Hall–Kier alpha value is -2.37. The molecule has 0 bridgehead atoms. The molecule has 0 N–H and O–H groups in total. The molecule has 0 saturated carbocycles. The van der Waals surface area contributed by atoms with Crippen molar-refractivity contribution >= 4 is 11.6 Å². The fourth-order valence-corrected chi connectivity index (χ4v) is 2.41. The average Bonchev–Trinajstić information content (AvgIpc) is 2.99. The molecule has 1 aromatic carbocycles. The predicted molar refractivity (Wildman–Crippen MR) is 75.7 cm³/mol. The van der Waals surface area contributed by atoms with Gasteiger partial charge >= 0.3 is 0 Å². The number of rotatable bonds is 4. The van der Waals surface area contributed by atoms with Gasteiger partial charge in [-0.2, -0.15) is 5.10 Å². The highest BCUT2D eigenvalue weighted by molar-refractivity contribution is 5.95. The van der Waals surface area contributed by atoms with Crippen LogP contribution in [0.1, 0.15) is 12.8 Å². The van der Waals surface area contributed by atoms with E-state index in [4.69, 9.17) is 4.74 Å². The van der Waals surface area contributed by atoms with Gasteiger partial charge in [-0.05, 0) is 24.6 Å². The molecule has 110 valence electrons. The summed E-state index contributed by atoms with van der Waals surface area (Å²) >= 11 is 0. The van der Waals surface area contributed by atoms with Crippen LogP contribution in [0.3, 0.4) is 0 Å². The molecule has 0 radical (unpaired) electrons. The number of carbonyl (C=O) groups excluding carboxylic acids is 1. The van der Waals surface area contributed by atoms with Crippen molar-refractivity contribution < 1.29 is 13.9 Å². The zero-order valence-corrected chi connectivity index (χ0v) is 11.5. The number of hydrogen-bond acceptors (Lipinski definition) is 3. The standard InChI is InChI=1S/C15H16FN3O2/c16-12-4-5-13-14(11-12)21-10-9-19(13)15(20)3-1-7-18-8-2-6-17-18/h2,4-6,8,11H,1,3,7,9-10H2. The van der Waals surface area contributed by atoms with Gasteiger partial charge in [-0.25, -0.2) is 4.39 Å². The van der Waals surface area contributed by atoms with Crippen molar-refractivity contribution in [1.82, 2.24) is 9.78 Å². The van der Waals surface area contributed by atoms with E-state index in [0.717, 1.165) is 0 Å². The highest BCUT2D eigenvalue weighted by Gasteiger charge is 2.23. The fourth-order valence-electron chi connectivity index (χ4n) is 2.41. The van der Waals surface area contributed by atoms with Gasteiger partial charge in [-0.3, -0.25) is 9.48 Å². The molecule has 1 aromatic heterocycles. The third-order valence-corrected chi connectivity index (χ3v) is 3.42. The number of ether oxygens (including phenoxy) is 1. The van der Waals surface area contributed by atoms with Crippen molar-refractivity contribution in [2.75, 3.05) is 18.1 Å². The second kappa shape index (κ2) is 5.95. The predicted octanol–water partition coefficient (Wildman–Crippen LogP) is 2.23. The Bertz CT molecular complexity index is 628. The number of carbonyl (C=O) groups is 1. The lowest BCUT2D eigenvalue weighted by Crippen LogP contribution is -2.37. The zero-order valence-electron chi connectivity index (χ0n) is 11.5. The van der Waals surface area contributed by atoms with Gasteiger partial charge in [0.05, 0.1) is 12.2 Å². The van der Waals surface area contributed by atoms with E-state index >= 15 is 0 Å². The number of aromatic nitrogens is 2. The fraction of sp³-hybridized carbons (Fsp3) is 0.333. The lowest BCUT2D eigenvalue weighted by Gasteiger charge is -2.29. The summed E-state index contributed by atoms with van der Waals surface area (Å²) in [5.74, 6) is 0.0988. The number of amides is 1. The normalized spacial score (nSPS) is 13.7. The van der Waals surface area contributed by atoms with Gasteiger partial charge in [0.2, 0.25) is 5.91 Å². The smallest absolute Gasteiger partial charge is 0.227 e. The molecule has 2 heterocycles. The highest BCUT2D eigenvalue weighted by atomic mass is 19.1. The Morgan fingerprint density at radius 2 is 2.33 bits per heavy atom. The molecular weight excluding hydrogens is 273 g/mol. The Kier molecular flexibility index (Phi) is 3.85. The maximum atomic E-state index is 13.2. The van der Waals surface area contributed by atoms with Crippen LogP contribution in [0.5, 0.6) is 5.75 Å². The van der Waals surface area contributed by atoms with Gasteiger partial charge in [0.15, 0.2) is 0 Å². The molecule has 2 aromatic rings. The van der Waals surface area contributed by atoms with E-state index in [9.17, 15) is 9.18 Å². The van der Waals surface area contributed by atoms with E-state index in [1.807, 2.05) is 12.3 Å². The maximum absolute atomic E-state index is 13.2. The van der Waals surface area contributed by atoms with Crippen LogP contribution in [0.15, 0.2) is 36.7 Å². The first-order chi connectivity index (χ1) is 10.2. The summed E-state index contributed by atoms with van der Waals surface area (Å²) in [4.78, 5) is 14.0. The monoisotopic (exact) mass is 289 g/mol. The Morgan fingerprint density at radius 1 is 1.43 bits per heavy atom. The van der Waals surface area contributed by atoms with E-state index in [0.29, 0.717) is 44.0 Å². The summed E-state index contributed by atoms with van der Waals surface area (Å²) in [7, 11) is 0. The Labute approximate surface area is 121 Å². The maximum Gasteiger partial charge on any atom is 0.227 e. The minimum absolute atomic E-state index is 0.0262. The zero-order chi connectivity index (χ0) is 14.7. The molecule has 0 fully saturated rings. The highest BCUT2D eigenvalue weighted by Crippen LogP contribution is 2.32. The topological polar surface area (TPSA) is 47.4 Å². The quantitative estimate of drug-likeness (QED) is 0.867. The number of fused-ring (bicyclic) bond motifs is 1. The lowest BCUT2D eigenvalue weighted by molar-refractivity contribution is -0.119. The summed E-state index contributed by atoms with van der Waals surface area (Å²) in [5.41, 5.74) is 0.645. The van der Waals surface area contributed by atoms with Crippen LogP contribution in [-0.2, 0) is 11.3 Å². The Morgan fingerprint density at radius 3 is 3.14 bits per heavy atom. The van der Waals surface area contributed by atoms with Crippen molar-refractivity contribution in [3.63, 3.8) is 0 Å². The van der Waals surface area contributed by atoms with Crippen molar-refractivity contribution in [3.05, 3.63) is 42.5 Å². The number of aryl methyl sites for hydroxylation is 1. The molecule has 1 aliphatic heterocycles. The van der Waals surface area contributed by atoms with Crippen molar-refractivity contribution in [2.45, 2.75) is 19.4 Å². The van der Waals surface area contributed by atoms with Crippen molar-refractivity contribution in [3.8, 4) is 5.75 Å². The van der Waals surface area contributed by atoms with E-state index in [-0.39, 0.29) is 11.7 Å². The minimum Gasteiger partial charge on any atom is -0.489 e. The number of halogens is 1. The minimum atomic E-state index is -0.360. The molecule has 21 heavy (non-hydrogen) atoms. The van der Waals surface area contributed by atoms with E-state index < -0.39 is 0 Å². The van der Waals surface area contributed by atoms with Crippen LogP contribution in [-0.4, -0.2) is 28.8 Å². The average molecular weight is 289 g/mol. The van der Waals surface area contributed by atoms with Crippen LogP contribution in [0.25, 0.3) is 0 Å². The molecule has 0 spiro atoms. The SMILES string of the molecule is O=C(CCCn1cccn1)N1CCOc2cc(F)ccc21. The first-order valence-electron chi connectivity index (χ1n) is 6.94. The molecule has 3 rings (SSSR count). The number of anilines is 1. The van der Waals surface area contributed by atoms with E-state index in [1.54, 1.807) is 21.8 Å². The molecule has 0 saturated heterocycles. The molecule has 1 amide bonds. The number of benzene rings is 1. The van der Waals surface area contributed by atoms with Gasteiger partial charge in [-0.1, -0.05) is 0 Å². The largest absolute Gasteiger partial charge is 0.489 e. The molecular formula is C15H16FN3O2. The van der Waals surface area contributed by atoms with Crippen LogP contribution in [0.4, 0.5) is 10.1 Å². The summed E-state index contributed by atoms with van der Waals surface area (Å²) in [6.45, 7) is 1.60. The van der Waals surface area contributed by atoms with E-state index in [1.165, 1.54) is 12.1 Å². The summed E-state index contributed by atoms with van der Waals surface area (Å²) < 4.78 is 20.4. The third kappa shape index (κ3) is 3.04. The van der Waals surface area contributed by atoms with Gasteiger partial charge in [0, 0.05) is 31.4 Å². The molecule has 0 unspecified atom stereocenters. The molecule has 1 aliphatic rings. The number of nitrogens with zero attached hydrogens (tertiary/aromatic N) is 3. The summed E-state index contributed by atoms with van der Waals surface area (Å²) in [6, 6.07) is 6.11.